The van der Waals surface area contributed by atoms with Gasteiger partial charge in [0, 0.05) is 17.4 Å². The van der Waals surface area contributed by atoms with E-state index in [0.717, 1.165) is 11.1 Å². The number of aromatic nitrogens is 2. The summed E-state index contributed by atoms with van der Waals surface area (Å²) in [5, 5.41) is 2.72. The van der Waals surface area contributed by atoms with Crippen LogP contribution in [0.15, 0.2) is 53.4 Å². The van der Waals surface area contributed by atoms with Gasteiger partial charge in [0.1, 0.15) is 17.4 Å². The Bertz CT molecular complexity index is 1240. The van der Waals surface area contributed by atoms with Gasteiger partial charge in [-0.15, -0.1) is 0 Å². The fraction of sp³-hybridized carbons (Fsp3) is 0.292. The molecular formula is C24H28N4O4S. The van der Waals surface area contributed by atoms with Crippen LogP contribution in [0, 0.1) is 20.8 Å². The smallest absolute Gasteiger partial charge is 0.263 e. The largest absolute Gasteiger partial charge is 0.483 e. The van der Waals surface area contributed by atoms with Crippen molar-refractivity contribution in [1.29, 1.82) is 0 Å². The van der Waals surface area contributed by atoms with E-state index in [1.165, 1.54) is 24.3 Å². The summed E-state index contributed by atoms with van der Waals surface area (Å²) < 4.78 is 33.5. The highest BCUT2D eigenvalue weighted by molar-refractivity contribution is 7.92. The molecule has 0 atom stereocenters. The van der Waals surface area contributed by atoms with Crippen molar-refractivity contribution in [3.05, 3.63) is 71.2 Å². The average molecular weight is 469 g/mol. The molecule has 3 rings (SSSR count). The molecule has 1 aromatic heterocycles. The number of benzene rings is 2. The maximum absolute atomic E-state index is 12.7. The highest BCUT2D eigenvalue weighted by Crippen LogP contribution is 2.27. The molecule has 0 aliphatic heterocycles. The quantitative estimate of drug-likeness (QED) is 0.509. The molecule has 3 aromatic rings. The molecule has 0 fully saturated rings. The lowest BCUT2D eigenvalue weighted by molar-refractivity contribution is -0.118. The molecular weight excluding hydrogens is 440 g/mol. The SMILES string of the molecule is Cc1ccc(C(C)C)c(OCC(=O)Nc2ccc(S(=O)(=O)Nc3cc(C)nc(C)n3)cc2)c1. The molecule has 0 unspecified atom stereocenters. The van der Waals surface area contributed by atoms with E-state index in [2.05, 4.69) is 33.9 Å². The van der Waals surface area contributed by atoms with Gasteiger partial charge < -0.3 is 10.1 Å². The van der Waals surface area contributed by atoms with Gasteiger partial charge in [0.2, 0.25) is 0 Å². The van der Waals surface area contributed by atoms with Crippen LogP contribution in [0.2, 0.25) is 0 Å². The molecule has 2 aromatic carbocycles. The second-order valence-corrected chi connectivity index (χ2v) is 9.79. The van der Waals surface area contributed by atoms with E-state index in [1.807, 2.05) is 25.1 Å². The molecule has 1 amide bonds. The monoisotopic (exact) mass is 468 g/mol. The summed E-state index contributed by atoms with van der Waals surface area (Å²) in [6, 6.07) is 13.4. The first-order valence-corrected chi connectivity index (χ1v) is 12.0. The Balaban J connectivity index is 1.63. The zero-order chi connectivity index (χ0) is 24.2. The summed E-state index contributed by atoms with van der Waals surface area (Å²) in [6.07, 6.45) is 0. The van der Waals surface area contributed by atoms with Crippen molar-refractivity contribution < 1.29 is 17.9 Å². The molecule has 2 N–H and O–H groups in total. The van der Waals surface area contributed by atoms with Gasteiger partial charge in [-0.05, 0) is 68.1 Å². The van der Waals surface area contributed by atoms with Crippen LogP contribution in [0.5, 0.6) is 5.75 Å². The van der Waals surface area contributed by atoms with Crippen LogP contribution in [0.4, 0.5) is 11.5 Å². The molecule has 0 bridgehead atoms. The Hall–Kier alpha value is -3.46. The minimum atomic E-state index is -3.83. The Kier molecular flexibility index (Phi) is 7.33. The second-order valence-electron chi connectivity index (χ2n) is 8.10. The third kappa shape index (κ3) is 6.52. The molecule has 0 saturated carbocycles. The highest BCUT2D eigenvalue weighted by atomic mass is 32.2. The van der Waals surface area contributed by atoms with Gasteiger partial charge in [-0.1, -0.05) is 26.0 Å². The minimum Gasteiger partial charge on any atom is -0.483 e. The normalized spacial score (nSPS) is 11.3. The predicted molar refractivity (Wildman–Crippen MR) is 128 cm³/mol. The van der Waals surface area contributed by atoms with Crippen molar-refractivity contribution in [2.45, 2.75) is 45.4 Å². The number of hydrogen-bond acceptors (Lipinski definition) is 6. The summed E-state index contributed by atoms with van der Waals surface area (Å²) >= 11 is 0. The van der Waals surface area contributed by atoms with Crippen LogP contribution in [0.1, 0.15) is 42.4 Å². The second kappa shape index (κ2) is 9.99. The predicted octanol–water partition coefficient (Wildman–Crippen LogP) is 4.34. The van der Waals surface area contributed by atoms with E-state index >= 15 is 0 Å². The maximum Gasteiger partial charge on any atom is 0.263 e. The molecule has 1 heterocycles. The number of rotatable bonds is 8. The number of amides is 1. The van der Waals surface area contributed by atoms with Crippen molar-refractivity contribution >= 4 is 27.4 Å². The average Bonchev–Trinajstić information content (AvgIpc) is 2.71. The molecule has 0 radical (unpaired) electrons. The number of nitrogens with zero attached hydrogens (tertiary/aromatic N) is 2. The first-order chi connectivity index (χ1) is 15.5. The highest BCUT2D eigenvalue weighted by Gasteiger charge is 2.16. The summed E-state index contributed by atoms with van der Waals surface area (Å²) in [5.41, 5.74) is 3.20. The third-order valence-electron chi connectivity index (χ3n) is 4.80. The first-order valence-electron chi connectivity index (χ1n) is 10.5. The molecule has 0 aliphatic carbocycles. The van der Waals surface area contributed by atoms with Gasteiger partial charge >= 0.3 is 0 Å². The molecule has 0 spiro atoms. The zero-order valence-corrected chi connectivity index (χ0v) is 20.2. The lowest BCUT2D eigenvalue weighted by Crippen LogP contribution is -2.21. The maximum atomic E-state index is 12.7. The fourth-order valence-corrected chi connectivity index (χ4v) is 4.26. The molecule has 0 saturated heterocycles. The van der Waals surface area contributed by atoms with E-state index in [-0.39, 0.29) is 29.1 Å². The van der Waals surface area contributed by atoms with Crippen molar-refractivity contribution in [3.63, 3.8) is 0 Å². The van der Waals surface area contributed by atoms with Gasteiger partial charge in [-0.2, -0.15) is 0 Å². The summed E-state index contributed by atoms with van der Waals surface area (Å²) in [5.74, 6) is 1.28. The topological polar surface area (TPSA) is 110 Å². The number of carbonyl (C=O) groups is 1. The van der Waals surface area contributed by atoms with E-state index < -0.39 is 10.0 Å². The number of carbonyl (C=O) groups excluding carboxylic acids is 1. The molecule has 9 heteroatoms. The Morgan fingerprint density at radius 2 is 1.70 bits per heavy atom. The minimum absolute atomic E-state index is 0.0482. The van der Waals surface area contributed by atoms with E-state index in [0.29, 0.717) is 23.0 Å². The van der Waals surface area contributed by atoms with Gasteiger partial charge in [-0.25, -0.2) is 18.4 Å². The Morgan fingerprint density at radius 1 is 1.00 bits per heavy atom. The number of sulfonamides is 1. The molecule has 8 nitrogen and oxygen atoms in total. The number of aryl methyl sites for hydroxylation is 3. The van der Waals surface area contributed by atoms with Crippen LogP contribution in [0.25, 0.3) is 0 Å². The number of nitrogens with one attached hydrogen (secondary N) is 2. The number of anilines is 2. The van der Waals surface area contributed by atoms with E-state index in [1.54, 1.807) is 19.9 Å². The third-order valence-corrected chi connectivity index (χ3v) is 6.17. The van der Waals surface area contributed by atoms with Crippen LogP contribution < -0.4 is 14.8 Å². The van der Waals surface area contributed by atoms with Crippen molar-refractivity contribution in [2.75, 3.05) is 16.6 Å². The van der Waals surface area contributed by atoms with Gasteiger partial charge in [-0.3, -0.25) is 9.52 Å². The number of hydrogen-bond donors (Lipinski definition) is 2. The molecule has 33 heavy (non-hydrogen) atoms. The zero-order valence-electron chi connectivity index (χ0n) is 19.3. The first kappa shape index (κ1) is 24.2. The van der Waals surface area contributed by atoms with Crippen LogP contribution in [-0.4, -0.2) is 30.9 Å². The Labute approximate surface area is 194 Å². The molecule has 174 valence electrons. The van der Waals surface area contributed by atoms with Gasteiger partial charge in [0.15, 0.2) is 6.61 Å². The summed E-state index contributed by atoms with van der Waals surface area (Å²) in [6.45, 7) is 9.39. The van der Waals surface area contributed by atoms with Crippen molar-refractivity contribution in [3.8, 4) is 5.75 Å². The van der Waals surface area contributed by atoms with Crippen LogP contribution >= 0.6 is 0 Å². The van der Waals surface area contributed by atoms with Gasteiger partial charge in [0.05, 0.1) is 4.90 Å². The lowest BCUT2D eigenvalue weighted by Gasteiger charge is -2.15. The standard InChI is InChI=1S/C24H28N4O4S/c1-15(2)21-11-6-16(3)12-22(21)32-14-24(29)27-19-7-9-20(10-8-19)33(30,31)28-23-13-17(4)25-18(5)26-23/h6-13,15H,14H2,1-5H3,(H,27,29)(H,25,26,28). The summed E-state index contributed by atoms with van der Waals surface area (Å²) in [7, 11) is -3.83. The van der Waals surface area contributed by atoms with E-state index in [9.17, 15) is 13.2 Å². The van der Waals surface area contributed by atoms with Crippen LogP contribution in [0.3, 0.4) is 0 Å². The van der Waals surface area contributed by atoms with Crippen molar-refractivity contribution in [1.82, 2.24) is 9.97 Å². The van der Waals surface area contributed by atoms with Crippen LogP contribution in [-0.2, 0) is 14.8 Å². The lowest BCUT2D eigenvalue weighted by atomic mass is 10.0. The molecule has 0 aliphatic rings. The fourth-order valence-electron chi connectivity index (χ4n) is 3.27. The van der Waals surface area contributed by atoms with Gasteiger partial charge in [0.25, 0.3) is 15.9 Å². The Morgan fingerprint density at radius 3 is 2.33 bits per heavy atom. The van der Waals surface area contributed by atoms with Crippen molar-refractivity contribution in [2.24, 2.45) is 0 Å². The number of ether oxygens (including phenoxy) is 1. The van der Waals surface area contributed by atoms with E-state index in [4.69, 9.17) is 4.74 Å². The summed E-state index contributed by atoms with van der Waals surface area (Å²) in [4.78, 5) is 20.6.